The van der Waals surface area contributed by atoms with Crippen LogP contribution in [0.4, 0.5) is 0 Å². The summed E-state index contributed by atoms with van der Waals surface area (Å²) in [6.45, 7) is 1.14. The predicted octanol–water partition coefficient (Wildman–Crippen LogP) is 2.81. The highest BCUT2D eigenvalue weighted by Crippen LogP contribution is 2.42. The van der Waals surface area contributed by atoms with Gasteiger partial charge in [-0.15, -0.1) is 12.4 Å². The molecule has 0 bridgehead atoms. The number of hydrogen-bond acceptors (Lipinski definition) is 7. The summed E-state index contributed by atoms with van der Waals surface area (Å²) in [4.78, 5) is 11.2. The molecule has 0 spiro atoms. The molecule has 11 heteroatoms. The molecule has 0 radical (unpaired) electrons. The van der Waals surface area contributed by atoms with Crippen LogP contribution in [0.5, 0.6) is 17.2 Å². The van der Waals surface area contributed by atoms with Crippen LogP contribution < -0.4 is 19.9 Å². The van der Waals surface area contributed by atoms with Gasteiger partial charge >= 0.3 is 5.97 Å². The van der Waals surface area contributed by atoms with Crippen LogP contribution in [-0.2, 0) is 26.8 Å². The summed E-state index contributed by atoms with van der Waals surface area (Å²) < 4.78 is 45.9. The molecule has 1 atom stereocenters. The number of hydrogen-bond donors (Lipinski definition) is 2. The number of fused-ring (bicyclic) bond motifs is 1. The molecule has 3 N–H and O–H groups in total. The van der Waals surface area contributed by atoms with E-state index in [4.69, 9.17) is 25.1 Å². The highest BCUT2D eigenvalue weighted by atomic mass is 35.5. The Morgan fingerprint density at radius 1 is 1.00 bits per heavy atom. The fourth-order valence-corrected chi connectivity index (χ4v) is 5.98. The van der Waals surface area contributed by atoms with Crippen molar-refractivity contribution in [2.45, 2.75) is 23.0 Å². The standard InChI is InChI=1S/C26H26N2O7S.ClH/c27-22(25(29)30)14-18-5-4-8-21(13-18)36(31,32)28-16-26(17-28,19-6-2-1-3-7-19)35-20-9-10-23-24(15-20)34-12-11-33-23;/h1-10,13,15,22H,11-12,14,16-17,27H2,(H,29,30);1H/t22-;/m0./s1. The second-order valence-electron chi connectivity index (χ2n) is 8.84. The van der Waals surface area contributed by atoms with Crippen LogP contribution in [0.25, 0.3) is 0 Å². The zero-order valence-corrected chi connectivity index (χ0v) is 21.4. The van der Waals surface area contributed by atoms with E-state index >= 15 is 0 Å². The Morgan fingerprint density at radius 2 is 1.70 bits per heavy atom. The van der Waals surface area contributed by atoms with Crippen molar-refractivity contribution in [3.63, 3.8) is 0 Å². The van der Waals surface area contributed by atoms with E-state index in [1.165, 1.54) is 16.4 Å². The molecule has 3 aromatic rings. The highest BCUT2D eigenvalue weighted by molar-refractivity contribution is 7.89. The maximum absolute atomic E-state index is 13.4. The van der Waals surface area contributed by atoms with Crippen LogP contribution in [-0.4, -0.2) is 56.1 Å². The molecule has 0 aliphatic carbocycles. The smallest absolute Gasteiger partial charge is 0.320 e. The summed E-state index contributed by atoms with van der Waals surface area (Å²) in [7, 11) is -3.85. The maximum atomic E-state index is 13.4. The molecule has 2 aliphatic heterocycles. The van der Waals surface area contributed by atoms with Gasteiger partial charge in [-0.3, -0.25) is 4.79 Å². The van der Waals surface area contributed by atoms with Gasteiger partial charge in [0.2, 0.25) is 10.0 Å². The topological polar surface area (TPSA) is 128 Å². The Bertz CT molecular complexity index is 1380. The number of nitrogens with zero attached hydrogens (tertiary/aromatic N) is 1. The second-order valence-corrected chi connectivity index (χ2v) is 10.8. The average molecular weight is 547 g/mol. The van der Waals surface area contributed by atoms with E-state index in [-0.39, 0.29) is 36.8 Å². The minimum Gasteiger partial charge on any atom is -0.486 e. The largest absolute Gasteiger partial charge is 0.486 e. The Balaban J connectivity index is 0.00000320. The van der Waals surface area contributed by atoms with E-state index in [0.29, 0.717) is 36.0 Å². The molecule has 2 aliphatic rings. The first-order valence-electron chi connectivity index (χ1n) is 11.5. The molecule has 0 saturated carbocycles. The van der Waals surface area contributed by atoms with Crippen molar-refractivity contribution in [2.24, 2.45) is 5.73 Å². The normalized spacial score (nSPS) is 17.1. The summed E-state index contributed by atoms with van der Waals surface area (Å²) in [6.07, 6.45) is 0.0277. The van der Waals surface area contributed by atoms with Crippen molar-refractivity contribution in [3.05, 3.63) is 83.9 Å². The van der Waals surface area contributed by atoms with Gasteiger partial charge in [-0.25, -0.2) is 8.42 Å². The first kappa shape index (κ1) is 26.7. The molecule has 1 saturated heterocycles. The molecule has 1 fully saturated rings. The number of carboxylic acid groups (broad SMARTS) is 1. The zero-order chi connectivity index (χ0) is 25.3. The minimum atomic E-state index is -3.85. The van der Waals surface area contributed by atoms with Crippen LogP contribution in [0, 0.1) is 0 Å². The van der Waals surface area contributed by atoms with Gasteiger partial charge in [-0.05, 0) is 41.8 Å². The van der Waals surface area contributed by atoms with E-state index in [0.717, 1.165) is 5.56 Å². The lowest BCUT2D eigenvalue weighted by Gasteiger charge is -2.49. The quantitative estimate of drug-likeness (QED) is 0.441. The molecular weight excluding hydrogens is 520 g/mol. The molecule has 3 aromatic carbocycles. The highest BCUT2D eigenvalue weighted by Gasteiger charge is 2.52. The van der Waals surface area contributed by atoms with Crippen molar-refractivity contribution in [3.8, 4) is 17.2 Å². The summed E-state index contributed by atoms with van der Waals surface area (Å²) in [5, 5.41) is 9.08. The number of benzene rings is 3. The van der Waals surface area contributed by atoms with E-state index in [2.05, 4.69) is 0 Å². The number of nitrogens with two attached hydrogens (primary N) is 1. The second kappa shape index (κ2) is 10.6. The maximum Gasteiger partial charge on any atom is 0.320 e. The van der Waals surface area contributed by atoms with Crippen LogP contribution in [0.3, 0.4) is 0 Å². The molecule has 0 amide bonds. The van der Waals surface area contributed by atoms with Gasteiger partial charge < -0.3 is 25.1 Å². The van der Waals surface area contributed by atoms with Crippen molar-refractivity contribution < 1.29 is 32.5 Å². The molecule has 5 rings (SSSR count). The van der Waals surface area contributed by atoms with Gasteiger partial charge in [0.1, 0.15) is 25.0 Å². The van der Waals surface area contributed by atoms with E-state index < -0.39 is 27.6 Å². The van der Waals surface area contributed by atoms with Gasteiger partial charge in [0.05, 0.1) is 18.0 Å². The van der Waals surface area contributed by atoms with Crippen molar-refractivity contribution in [1.29, 1.82) is 0 Å². The van der Waals surface area contributed by atoms with Gasteiger partial charge in [0, 0.05) is 6.07 Å². The number of rotatable bonds is 8. The van der Waals surface area contributed by atoms with Gasteiger partial charge in [-0.1, -0.05) is 42.5 Å². The number of sulfonamides is 1. The van der Waals surface area contributed by atoms with Crippen LogP contribution in [0.15, 0.2) is 77.7 Å². The Morgan fingerprint density at radius 3 is 2.41 bits per heavy atom. The molecule has 2 heterocycles. The molecule has 196 valence electrons. The van der Waals surface area contributed by atoms with Crippen molar-refractivity contribution >= 4 is 28.4 Å². The van der Waals surface area contributed by atoms with Crippen LogP contribution in [0.1, 0.15) is 11.1 Å². The molecule has 9 nitrogen and oxygen atoms in total. The third-order valence-corrected chi connectivity index (χ3v) is 8.09. The molecular formula is C26H27ClN2O7S. The number of aliphatic carboxylic acids is 1. The van der Waals surface area contributed by atoms with Crippen LogP contribution >= 0.6 is 12.4 Å². The minimum absolute atomic E-state index is 0. The number of ether oxygens (including phenoxy) is 3. The number of halogens is 1. The Labute approximate surface area is 221 Å². The summed E-state index contributed by atoms with van der Waals surface area (Å²) in [6, 6.07) is 19.9. The summed E-state index contributed by atoms with van der Waals surface area (Å²) >= 11 is 0. The Hall–Kier alpha value is -3.31. The van der Waals surface area contributed by atoms with Gasteiger partial charge in [0.25, 0.3) is 0 Å². The Kier molecular flexibility index (Phi) is 7.65. The van der Waals surface area contributed by atoms with Crippen molar-refractivity contribution in [1.82, 2.24) is 4.31 Å². The lowest BCUT2D eigenvalue weighted by atomic mass is 9.87. The monoisotopic (exact) mass is 546 g/mol. The zero-order valence-electron chi connectivity index (χ0n) is 19.8. The lowest BCUT2D eigenvalue weighted by Crippen LogP contribution is -2.64. The predicted molar refractivity (Wildman–Crippen MR) is 138 cm³/mol. The third-order valence-electron chi connectivity index (χ3n) is 6.30. The van der Waals surface area contributed by atoms with Crippen LogP contribution in [0.2, 0.25) is 0 Å². The molecule has 0 unspecified atom stereocenters. The SMILES string of the molecule is Cl.N[C@@H](Cc1cccc(S(=O)(=O)N2CC(Oc3ccc4c(c3)OCCO4)(c3ccccc3)C2)c1)C(=O)O. The first-order chi connectivity index (χ1) is 17.3. The summed E-state index contributed by atoms with van der Waals surface area (Å²) in [5.74, 6) is 0.629. The third kappa shape index (κ3) is 5.37. The van der Waals surface area contributed by atoms with Gasteiger partial charge in [-0.2, -0.15) is 4.31 Å². The van der Waals surface area contributed by atoms with E-state index in [1.807, 2.05) is 30.3 Å². The summed E-state index contributed by atoms with van der Waals surface area (Å²) in [5.41, 5.74) is 6.13. The molecule has 37 heavy (non-hydrogen) atoms. The number of carbonyl (C=O) groups is 1. The fourth-order valence-electron chi connectivity index (χ4n) is 4.38. The molecule has 0 aromatic heterocycles. The van der Waals surface area contributed by atoms with E-state index in [9.17, 15) is 13.2 Å². The first-order valence-corrected chi connectivity index (χ1v) is 12.9. The fraction of sp³-hybridized carbons (Fsp3) is 0.269. The lowest BCUT2D eigenvalue weighted by molar-refractivity contribution is -0.138. The number of carboxylic acids is 1. The van der Waals surface area contributed by atoms with E-state index in [1.54, 1.807) is 30.3 Å². The van der Waals surface area contributed by atoms with Gasteiger partial charge in [0.15, 0.2) is 17.1 Å². The van der Waals surface area contributed by atoms with Crippen molar-refractivity contribution in [2.75, 3.05) is 26.3 Å². The average Bonchev–Trinajstić information content (AvgIpc) is 2.86.